The summed E-state index contributed by atoms with van der Waals surface area (Å²) < 4.78 is 13.1. The van der Waals surface area contributed by atoms with Crippen molar-refractivity contribution in [1.29, 1.82) is 0 Å². The first-order valence-corrected chi connectivity index (χ1v) is 12.0. The molecule has 1 amide bonds. The van der Waals surface area contributed by atoms with Crippen molar-refractivity contribution < 1.29 is 19.2 Å². The summed E-state index contributed by atoms with van der Waals surface area (Å²) in [4.78, 5) is 14.5. The van der Waals surface area contributed by atoms with Crippen LogP contribution in [0.5, 0.6) is 11.5 Å². The SMILES string of the molecule is COc1ccccc1CNC(=O)[C@H]1C[NH+]2CC[C@@H]1C[C@@H]2Cn1cc(COc2ccccc2)nn1. The first-order chi connectivity index (χ1) is 16.7. The average molecular weight is 463 g/mol. The predicted octanol–water partition coefficient (Wildman–Crippen LogP) is 1.48. The highest BCUT2D eigenvalue weighted by Gasteiger charge is 2.46. The highest BCUT2D eigenvalue weighted by Crippen LogP contribution is 2.28. The van der Waals surface area contributed by atoms with E-state index in [9.17, 15) is 4.79 Å². The van der Waals surface area contributed by atoms with Crippen LogP contribution in [-0.2, 0) is 24.5 Å². The quantitative estimate of drug-likeness (QED) is 0.503. The molecule has 1 unspecified atom stereocenters. The second-order valence-corrected chi connectivity index (χ2v) is 9.26. The number of fused-ring (bicyclic) bond motifs is 3. The van der Waals surface area contributed by atoms with Crippen molar-refractivity contribution in [3.63, 3.8) is 0 Å². The first-order valence-electron chi connectivity index (χ1n) is 12.0. The van der Waals surface area contributed by atoms with Gasteiger partial charge < -0.3 is 19.7 Å². The minimum Gasteiger partial charge on any atom is -0.496 e. The molecule has 0 aliphatic carbocycles. The Hall–Kier alpha value is -3.39. The Morgan fingerprint density at radius 2 is 2.00 bits per heavy atom. The molecule has 2 aromatic carbocycles. The maximum atomic E-state index is 13.0. The van der Waals surface area contributed by atoms with E-state index in [1.165, 1.54) is 4.90 Å². The van der Waals surface area contributed by atoms with E-state index in [-0.39, 0.29) is 11.8 Å². The van der Waals surface area contributed by atoms with E-state index in [4.69, 9.17) is 9.47 Å². The molecule has 178 valence electrons. The van der Waals surface area contributed by atoms with Gasteiger partial charge in [-0.1, -0.05) is 41.6 Å². The lowest BCUT2D eigenvalue weighted by Crippen LogP contribution is -3.20. The maximum Gasteiger partial charge on any atom is 0.229 e. The third-order valence-corrected chi connectivity index (χ3v) is 7.16. The minimum atomic E-state index is 0.0697. The molecule has 1 aromatic heterocycles. The lowest BCUT2D eigenvalue weighted by atomic mass is 9.75. The van der Waals surface area contributed by atoms with Crippen LogP contribution in [0.15, 0.2) is 60.8 Å². The molecule has 3 aliphatic rings. The van der Waals surface area contributed by atoms with Gasteiger partial charge in [0.2, 0.25) is 5.91 Å². The fourth-order valence-electron chi connectivity index (χ4n) is 5.37. The number of rotatable bonds is 9. The molecule has 34 heavy (non-hydrogen) atoms. The van der Waals surface area contributed by atoms with Gasteiger partial charge in [-0.2, -0.15) is 0 Å². The van der Waals surface area contributed by atoms with Crippen molar-refractivity contribution in [2.45, 2.75) is 38.6 Å². The van der Waals surface area contributed by atoms with E-state index in [0.29, 0.717) is 25.1 Å². The molecule has 3 aromatic rings. The van der Waals surface area contributed by atoms with Gasteiger partial charge in [-0.15, -0.1) is 5.10 Å². The van der Waals surface area contributed by atoms with Gasteiger partial charge in [-0.3, -0.25) is 4.79 Å². The number of carbonyl (C=O) groups excluding carboxylic acids is 1. The van der Waals surface area contributed by atoms with Gasteiger partial charge in [0.25, 0.3) is 0 Å². The van der Waals surface area contributed by atoms with Crippen LogP contribution in [0.1, 0.15) is 24.1 Å². The van der Waals surface area contributed by atoms with E-state index in [1.54, 1.807) is 7.11 Å². The van der Waals surface area contributed by atoms with E-state index >= 15 is 0 Å². The van der Waals surface area contributed by atoms with Crippen LogP contribution in [0.25, 0.3) is 0 Å². The molecule has 0 spiro atoms. The zero-order valence-electron chi connectivity index (χ0n) is 19.5. The second-order valence-electron chi connectivity index (χ2n) is 9.26. The van der Waals surface area contributed by atoms with Crippen molar-refractivity contribution in [2.24, 2.45) is 11.8 Å². The van der Waals surface area contributed by atoms with Gasteiger partial charge >= 0.3 is 0 Å². The summed E-state index contributed by atoms with van der Waals surface area (Å²) >= 11 is 0. The van der Waals surface area contributed by atoms with Crippen LogP contribution in [0.3, 0.4) is 0 Å². The fraction of sp³-hybridized carbons (Fsp3) is 0.423. The van der Waals surface area contributed by atoms with Crippen LogP contribution in [0, 0.1) is 11.8 Å². The number of nitrogens with one attached hydrogen (secondary N) is 2. The molecule has 0 radical (unpaired) electrons. The van der Waals surface area contributed by atoms with Crippen molar-refractivity contribution >= 4 is 5.91 Å². The molecule has 6 rings (SSSR count). The number of methoxy groups -OCH3 is 1. The summed E-state index contributed by atoms with van der Waals surface area (Å²) in [7, 11) is 1.66. The predicted molar refractivity (Wildman–Crippen MR) is 126 cm³/mol. The Morgan fingerprint density at radius 3 is 2.79 bits per heavy atom. The van der Waals surface area contributed by atoms with Crippen molar-refractivity contribution in [3.05, 3.63) is 72.1 Å². The smallest absolute Gasteiger partial charge is 0.229 e. The fourth-order valence-corrected chi connectivity index (χ4v) is 5.37. The van der Waals surface area contributed by atoms with Gasteiger partial charge in [-0.05, 0) is 24.1 Å². The summed E-state index contributed by atoms with van der Waals surface area (Å²) in [5, 5.41) is 11.7. The molecule has 4 heterocycles. The molecule has 8 nitrogen and oxygen atoms in total. The molecule has 0 saturated carbocycles. The largest absolute Gasteiger partial charge is 0.496 e. The molecule has 3 aliphatic heterocycles. The van der Waals surface area contributed by atoms with E-state index in [2.05, 4.69) is 15.6 Å². The molecular formula is C26H32N5O3+. The summed E-state index contributed by atoms with van der Waals surface area (Å²) in [5.74, 6) is 2.29. The third-order valence-electron chi connectivity index (χ3n) is 7.16. The average Bonchev–Trinajstić information content (AvgIpc) is 3.34. The number of ether oxygens (including phenoxy) is 2. The monoisotopic (exact) mass is 462 g/mol. The summed E-state index contributed by atoms with van der Waals surface area (Å²) in [6.07, 6.45) is 4.12. The number of hydrogen-bond donors (Lipinski definition) is 2. The Bertz CT molecular complexity index is 1100. The highest BCUT2D eigenvalue weighted by molar-refractivity contribution is 5.79. The molecule has 3 fully saturated rings. The number of nitrogens with zero attached hydrogens (tertiary/aromatic N) is 3. The van der Waals surface area contributed by atoms with Crippen LogP contribution >= 0.6 is 0 Å². The van der Waals surface area contributed by atoms with Gasteiger partial charge in [0.05, 0.1) is 38.9 Å². The molecule has 2 bridgehead atoms. The number of amides is 1. The zero-order chi connectivity index (χ0) is 23.3. The molecule has 4 atom stereocenters. The molecule has 8 heteroatoms. The van der Waals surface area contributed by atoms with Crippen LogP contribution in [0.4, 0.5) is 0 Å². The number of aromatic nitrogens is 3. The number of carbonyl (C=O) groups is 1. The van der Waals surface area contributed by atoms with Crippen LogP contribution in [-0.4, -0.2) is 47.1 Å². The normalized spacial score (nSPS) is 23.4. The number of piperidine rings is 3. The van der Waals surface area contributed by atoms with Crippen LogP contribution < -0.4 is 19.7 Å². The number of hydrogen-bond acceptors (Lipinski definition) is 5. The van der Waals surface area contributed by atoms with E-state index in [0.717, 1.165) is 55.2 Å². The molecular weight excluding hydrogens is 430 g/mol. The number of benzene rings is 2. The van der Waals surface area contributed by atoms with Gasteiger partial charge in [0.15, 0.2) is 0 Å². The first kappa shape index (κ1) is 22.4. The molecule has 2 N–H and O–H groups in total. The van der Waals surface area contributed by atoms with Crippen molar-refractivity contribution in [3.8, 4) is 11.5 Å². The minimum absolute atomic E-state index is 0.0697. The summed E-state index contributed by atoms with van der Waals surface area (Å²) in [5.41, 5.74) is 1.83. The van der Waals surface area contributed by atoms with Crippen LogP contribution in [0.2, 0.25) is 0 Å². The molecule has 3 saturated heterocycles. The zero-order valence-corrected chi connectivity index (χ0v) is 19.5. The standard InChI is InChI=1S/C26H31N5O3/c1-33-25-10-6-5-7-20(25)14-27-26(32)24-17-30-12-11-19(24)13-22(30)16-31-15-21(28-29-31)18-34-23-8-3-2-4-9-23/h2-10,15,19,22,24H,11-14,16-18H2,1H3,(H,27,32)/p+1/t19-,22-,24+/m1/s1. The second kappa shape index (κ2) is 10.3. The topological polar surface area (TPSA) is 82.7 Å². The van der Waals surface area contributed by atoms with Crippen molar-refractivity contribution in [2.75, 3.05) is 20.2 Å². The Morgan fingerprint density at radius 1 is 1.18 bits per heavy atom. The summed E-state index contributed by atoms with van der Waals surface area (Å²) in [6, 6.07) is 18.0. The lowest BCUT2D eigenvalue weighted by Gasteiger charge is -2.46. The number of para-hydroxylation sites is 2. The van der Waals surface area contributed by atoms with E-state index in [1.807, 2.05) is 65.5 Å². The summed E-state index contributed by atoms with van der Waals surface area (Å²) in [6.45, 7) is 3.72. The van der Waals surface area contributed by atoms with Gasteiger partial charge in [0, 0.05) is 24.9 Å². The number of quaternary nitrogens is 1. The van der Waals surface area contributed by atoms with E-state index < -0.39 is 0 Å². The van der Waals surface area contributed by atoms with Gasteiger partial charge in [-0.25, -0.2) is 4.68 Å². The van der Waals surface area contributed by atoms with Gasteiger partial charge in [0.1, 0.15) is 29.8 Å². The van der Waals surface area contributed by atoms with Crippen molar-refractivity contribution in [1.82, 2.24) is 20.3 Å². The third kappa shape index (κ3) is 5.07. The maximum absolute atomic E-state index is 13.0. The lowest BCUT2D eigenvalue weighted by molar-refractivity contribution is -0.945. The Labute approximate surface area is 199 Å². The Balaban J connectivity index is 1.13. The highest BCUT2D eigenvalue weighted by atomic mass is 16.5. The Kier molecular flexibility index (Phi) is 6.76.